The van der Waals surface area contributed by atoms with Crippen molar-refractivity contribution in [3.8, 4) is 0 Å². The molecule has 0 spiro atoms. The van der Waals surface area contributed by atoms with Crippen LogP contribution in [0.15, 0.2) is 0 Å². The normalized spacial score (nSPS) is 45.4. The summed E-state index contributed by atoms with van der Waals surface area (Å²) in [6.45, 7) is 4.82. The zero-order chi connectivity index (χ0) is 10.4. The van der Waals surface area contributed by atoms with E-state index in [-0.39, 0.29) is 12.0 Å². The van der Waals surface area contributed by atoms with E-state index in [0.717, 1.165) is 25.8 Å². The van der Waals surface area contributed by atoms with Crippen molar-refractivity contribution in [2.75, 3.05) is 6.54 Å². The molecule has 82 valence electrons. The van der Waals surface area contributed by atoms with E-state index in [9.17, 15) is 8.78 Å². The van der Waals surface area contributed by atoms with Crippen LogP contribution in [-0.4, -0.2) is 18.0 Å². The molecule has 1 saturated carbocycles. The lowest BCUT2D eigenvalue weighted by atomic mass is 9.82. The summed E-state index contributed by atoms with van der Waals surface area (Å²) in [7, 11) is 0. The van der Waals surface area contributed by atoms with Crippen LogP contribution in [0.4, 0.5) is 8.78 Å². The second kappa shape index (κ2) is 2.91. The van der Waals surface area contributed by atoms with Gasteiger partial charge in [-0.2, -0.15) is 0 Å². The summed E-state index contributed by atoms with van der Waals surface area (Å²) in [5.41, 5.74) is -0.713. The van der Waals surface area contributed by atoms with Crippen molar-refractivity contribution in [3.05, 3.63) is 0 Å². The quantitative estimate of drug-likeness (QED) is 0.743. The van der Waals surface area contributed by atoms with Crippen LogP contribution in [-0.2, 0) is 0 Å². The van der Waals surface area contributed by atoms with Gasteiger partial charge in [0.1, 0.15) is 0 Å². The molecule has 0 aromatic rings. The molecule has 2 unspecified atom stereocenters. The fraction of sp³-hybridized carbons (Fsp3) is 1.00. The van der Waals surface area contributed by atoms with Crippen LogP contribution in [0.3, 0.4) is 0 Å². The Bertz CT molecular complexity index is 233. The van der Waals surface area contributed by atoms with Crippen LogP contribution in [0.5, 0.6) is 0 Å². The Balaban J connectivity index is 2.03. The molecular weight excluding hydrogens is 184 g/mol. The second-order valence-electron chi connectivity index (χ2n) is 5.28. The monoisotopic (exact) mass is 203 g/mol. The second-order valence-corrected chi connectivity index (χ2v) is 5.28. The third kappa shape index (κ3) is 1.46. The highest BCUT2D eigenvalue weighted by molar-refractivity contribution is 5.12. The maximum absolute atomic E-state index is 13.1. The number of nitrogens with one attached hydrogen (secondary N) is 1. The average Bonchev–Trinajstić information content (AvgIpc) is 2.53. The highest BCUT2D eigenvalue weighted by Crippen LogP contribution is 2.64. The van der Waals surface area contributed by atoms with Gasteiger partial charge in [-0.1, -0.05) is 13.8 Å². The van der Waals surface area contributed by atoms with Gasteiger partial charge in [-0.25, -0.2) is 8.78 Å². The first-order valence-corrected chi connectivity index (χ1v) is 5.56. The summed E-state index contributed by atoms with van der Waals surface area (Å²) in [4.78, 5) is 0. The van der Waals surface area contributed by atoms with Crippen LogP contribution in [0.1, 0.15) is 46.0 Å². The molecule has 0 bridgehead atoms. The summed E-state index contributed by atoms with van der Waals surface area (Å²) in [6, 6.07) is 0. The highest BCUT2D eigenvalue weighted by Gasteiger charge is 2.69. The Kier molecular flexibility index (Phi) is 2.15. The highest BCUT2D eigenvalue weighted by atomic mass is 19.3. The molecule has 0 amide bonds. The molecule has 14 heavy (non-hydrogen) atoms. The molecule has 1 aliphatic heterocycles. The Hall–Kier alpha value is -0.180. The van der Waals surface area contributed by atoms with E-state index in [4.69, 9.17) is 0 Å². The maximum atomic E-state index is 13.1. The maximum Gasteiger partial charge on any atom is 0.254 e. The fourth-order valence-corrected chi connectivity index (χ4v) is 2.83. The molecule has 2 atom stereocenters. The number of rotatable bonds is 3. The lowest BCUT2D eigenvalue weighted by Crippen LogP contribution is -2.41. The third-order valence-electron chi connectivity index (χ3n) is 4.11. The van der Waals surface area contributed by atoms with Crippen LogP contribution < -0.4 is 5.32 Å². The Morgan fingerprint density at radius 2 is 2.00 bits per heavy atom. The van der Waals surface area contributed by atoms with E-state index in [0.29, 0.717) is 6.42 Å². The molecule has 2 aliphatic rings. The third-order valence-corrected chi connectivity index (χ3v) is 4.11. The van der Waals surface area contributed by atoms with Crippen molar-refractivity contribution in [2.45, 2.75) is 57.4 Å². The van der Waals surface area contributed by atoms with Crippen molar-refractivity contribution in [1.29, 1.82) is 0 Å². The SMILES string of the molecule is CCC1(CC2(C)CC2(F)F)CCCN1. The summed E-state index contributed by atoms with van der Waals surface area (Å²) >= 11 is 0. The van der Waals surface area contributed by atoms with E-state index in [1.807, 2.05) is 0 Å². The molecule has 1 saturated heterocycles. The minimum absolute atomic E-state index is 0.00861. The van der Waals surface area contributed by atoms with E-state index >= 15 is 0 Å². The van der Waals surface area contributed by atoms with Gasteiger partial charge < -0.3 is 5.32 Å². The minimum atomic E-state index is -2.40. The zero-order valence-electron chi connectivity index (χ0n) is 9.00. The summed E-state index contributed by atoms with van der Waals surface area (Å²) in [6.07, 6.45) is 3.90. The fourth-order valence-electron chi connectivity index (χ4n) is 2.83. The molecule has 1 heterocycles. The predicted octanol–water partition coefficient (Wildman–Crippen LogP) is 2.95. The van der Waals surface area contributed by atoms with E-state index < -0.39 is 11.3 Å². The number of hydrogen-bond acceptors (Lipinski definition) is 1. The van der Waals surface area contributed by atoms with Crippen molar-refractivity contribution in [2.24, 2.45) is 5.41 Å². The van der Waals surface area contributed by atoms with Crippen LogP contribution >= 0.6 is 0 Å². The van der Waals surface area contributed by atoms with Gasteiger partial charge in [-0.3, -0.25) is 0 Å². The standard InChI is InChI=1S/C11H19F2N/c1-3-10(5-4-6-14-10)7-9(2)8-11(9,12)13/h14H,3-8H2,1-2H3. The smallest absolute Gasteiger partial charge is 0.254 e. The van der Waals surface area contributed by atoms with Gasteiger partial charge in [0, 0.05) is 17.4 Å². The molecule has 0 radical (unpaired) electrons. The van der Waals surface area contributed by atoms with Gasteiger partial charge in [0.05, 0.1) is 0 Å². The molecular formula is C11H19F2N. The number of alkyl halides is 2. The van der Waals surface area contributed by atoms with Crippen LogP contribution in [0, 0.1) is 5.41 Å². The molecule has 1 aliphatic carbocycles. The van der Waals surface area contributed by atoms with E-state index in [1.54, 1.807) is 6.92 Å². The largest absolute Gasteiger partial charge is 0.311 e. The minimum Gasteiger partial charge on any atom is -0.311 e. The van der Waals surface area contributed by atoms with Crippen LogP contribution in [0.2, 0.25) is 0 Å². The Morgan fingerprint density at radius 1 is 1.36 bits per heavy atom. The molecule has 0 aromatic heterocycles. The first kappa shape index (κ1) is 10.3. The van der Waals surface area contributed by atoms with Crippen molar-refractivity contribution in [3.63, 3.8) is 0 Å². The average molecular weight is 203 g/mol. The van der Waals surface area contributed by atoms with Crippen molar-refractivity contribution < 1.29 is 8.78 Å². The molecule has 1 nitrogen and oxygen atoms in total. The molecule has 1 N–H and O–H groups in total. The predicted molar refractivity (Wildman–Crippen MR) is 52.5 cm³/mol. The molecule has 3 heteroatoms. The first-order chi connectivity index (χ1) is 6.43. The Morgan fingerprint density at radius 3 is 2.36 bits per heavy atom. The molecule has 0 aromatic carbocycles. The first-order valence-electron chi connectivity index (χ1n) is 5.56. The van der Waals surface area contributed by atoms with Gasteiger partial charge in [0.2, 0.25) is 0 Å². The topological polar surface area (TPSA) is 12.0 Å². The van der Waals surface area contributed by atoms with E-state index in [1.165, 1.54) is 0 Å². The summed E-state index contributed by atoms with van der Waals surface area (Å²) in [5.74, 6) is -2.40. The van der Waals surface area contributed by atoms with Gasteiger partial charge in [-0.15, -0.1) is 0 Å². The van der Waals surface area contributed by atoms with Gasteiger partial charge >= 0.3 is 0 Å². The number of halogens is 2. The number of hydrogen-bond donors (Lipinski definition) is 1. The van der Waals surface area contributed by atoms with E-state index in [2.05, 4.69) is 12.2 Å². The van der Waals surface area contributed by atoms with Gasteiger partial charge in [-0.05, 0) is 32.2 Å². The van der Waals surface area contributed by atoms with Crippen LogP contribution in [0.25, 0.3) is 0 Å². The zero-order valence-corrected chi connectivity index (χ0v) is 9.00. The van der Waals surface area contributed by atoms with Gasteiger partial charge in [0.25, 0.3) is 5.92 Å². The molecule has 2 fully saturated rings. The van der Waals surface area contributed by atoms with Crippen molar-refractivity contribution in [1.82, 2.24) is 5.32 Å². The molecule has 2 rings (SSSR count). The van der Waals surface area contributed by atoms with Crippen molar-refractivity contribution >= 4 is 0 Å². The summed E-state index contributed by atoms with van der Waals surface area (Å²) in [5, 5.41) is 3.42. The van der Waals surface area contributed by atoms with Gasteiger partial charge in [0.15, 0.2) is 0 Å². The Labute approximate surface area is 84.3 Å². The summed E-state index contributed by atoms with van der Waals surface area (Å²) < 4.78 is 26.2. The lowest BCUT2D eigenvalue weighted by molar-refractivity contribution is 0.0546. The lowest BCUT2D eigenvalue weighted by Gasteiger charge is -2.31.